The lowest BCUT2D eigenvalue weighted by Gasteiger charge is -2.17. The number of pyridine rings is 1. The minimum atomic E-state index is -0.553. The smallest absolute Gasteiger partial charge is 0.252 e. The Bertz CT molecular complexity index is 439. The number of anilines is 1. The van der Waals surface area contributed by atoms with Crippen LogP contribution in [0.2, 0.25) is 0 Å². The van der Waals surface area contributed by atoms with Gasteiger partial charge in [-0.05, 0) is 19.9 Å². The van der Waals surface area contributed by atoms with Crippen LogP contribution in [-0.2, 0) is 16.0 Å². The maximum atomic E-state index is 11.6. The predicted octanol–water partition coefficient (Wildman–Crippen LogP) is 0.582. The van der Waals surface area contributed by atoms with Crippen LogP contribution in [0.15, 0.2) is 23.1 Å². The van der Waals surface area contributed by atoms with Gasteiger partial charge < -0.3 is 19.8 Å². The van der Waals surface area contributed by atoms with E-state index in [1.807, 2.05) is 13.8 Å². The SMILES string of the molecule is CC1(C)OCC(Cn2ccc(N)cc2=O)O1. The van der Waals surface area contributed by atoms with Crippen molar-refractivity contribution in [2.24, 2.45) is 0 Å². The highest BCUT2D eigenvalue weighted by molar-refractivity contribution is 5.34. The Morgan fingerprint density at radius 3 is 2.94 bits per heavy atom. The molecular weight excluding hydrogens is 208 g/mol. The monoisotopic (exact) mass is 224 g/mol. The molecule has 1 saturated heterocycles. The Hall–Kier alpha value is -1.33. The predicted molar refractivity (Wildman–Crippen MR) is 60.0 cm³/mol. The summed E-state index contributed by atoms with van der Waals surface area (Å²) in [5.74, 6) is -0.553. The molecule has 5 nitrogen and oxygen atoms in total. The second kappa shape index (κ2) is 3.92. The van der Waals surface area contributed by atoms with Crippen molar-refractivity contribution in [3.8, 4) is 0 Å². The molecular formula is C11H16N2O3. The Labute approximate surface area is 93.8 Å². The van der Waals surface area contributed by atoms with Crippen LogP contribution in [0.5, 0.6) is 0 Å². The topological polar surface area (TPSA) is 66.5 Å². The third-order valence-corrected chi connectivity index (χ3v) is 2.49. The Morgan fingerprint density at radius 1 is 1.62 bits per heavy atom. The normalized spacial score (nSPS) is 23.5. The first-order chi connectivity index (χ1) is 7.46. The van der Waals surface area contributed by atoms with Crippen LogP contribution in [0.4, 0.5) is 5.69 Å². The molecule has 0 saturated carbocycles. The van der Waals surface area contributed by atoms with Gasteiger partial charge >= 0.3 is 0 Å². The highest BCUT2D eigenvalue weighted by atomic mass is 16.7. The van der Waals surface area contributed by atoms with Crippen LogP contribution in [0.25, 0.3) is 0 Å². The lowest BCUT2D eigenvalue weighted by atomic mass is 10.3. The highest BCUT2D eigenvalue weighted by Gasteiger charge is 2.32. The molecule has 2 heterocycles. The molecule has 1 aliphatic rings. The molecule has 0 aliphatic carbocycles. The summed E-state index contributed by atoms with van der Waals surface area (Å²) in [4.78, 5) is 11.6. The quantitative estimate of drug-likeness (QED) is 0.798. The average Bonchev–Trinajstić information content (AvgIpc) is 2.51. The molecule has 1 unspecified atom stereocenters. The fourth-order valence-corrected chi connectivity index (χ4v) is 1.75. The summed E-state index contributed by atoms with van der Waals surface area (Å²) in [6.45, 7) is 4.71. The third-order valence-electron chi connectivity index (χ3n) is 2.49. The van der Waals surface area contributed by atoms with Crippen molar-refractivity contribution in [3.63, 3.8) is 0 Å². The van der Waals surface area contributed by atoms with Crippen LogP contribution < -0.4 is 11.3 Å². The summed E-state index contributed by atoms with van der Waals surface area (Å²) >= 11 is 0. The molecule has 2 rings (SSSR count). The second-order valence-electron chi connectivity index (χ2n) is 4.40. The summed E-state index contributed by atoms with van der Waals surface area (Å²) in [6, 6.07) is 3.10. The van der Waals surface area contributed by atoms with Gasteiger partial charge in [0.05, 0.1) is 13.2 Å². The average molecular weight is 224 g/mol. The van der Waals surface area contributed by atoms with Crippen molar-refractivity contribution in [1.82, 2.24) is 4.57 Å². The van der Waals surface area contributed by atoms with Gasteiger partial charge in [0.25, 0.3) is 5.56 Å². The molecule has 0 aromatic carbocycles. The Balaban J connectivity index is 2.08. The molecule has 0 radical (unpaired) electrons. The van der Waals surface area contributed by atoms with Gasteiger partial charge in [0.2, 0.25) is 0 Å². The standard InChI is InChI=1S/C11H16N2O3/c1-11(2)15-7-9(16-11)6-13-4-3-8(12)5-10(13)14/h3-5,9H,6-7,12H2,1-2H3. The maximum absolute atomic E-state index is 11.6. The molecule has 2 N–H and O–H groups in total. The van der Waals surface area contributed by atoms with E-state index in [4.69, 9.17) is 15.2 Å². The van der Waals surface area contributed by atoms with Crippen molar-refractivity contribution in [2.75, 3.05) is 12.3 Å². The van der Waals surface area contributed by atoms with Gasteiger partial charge in [-0.25, -0.2) is 0 Å². The van der Waals surface area contributed by atoms with Gasteiger partial charge in [-0.3, -0.25) is 4.79 Å². The van der Waals surface area contributed by atoms with E-state index < -0.39 is 5.79 Å². The first-order valence-electron chi connectivity index (χ1n) is 5.24. The number of nitrogens with two attached hydrogens (primary N) is 1. The van der Waals surface area contributed by atoms with Crippen molar-refractivity contribution in [3.05, 3.63) is 28.7 Å². The van der Waals surface area contributed by atoms with Gasteiger partial charge in [-0.2, -0.15) is 0 Å². The summed E-state index contributed by atoms with van der Waals surface area (Å²) in [7, 11) is 0. The first kappa shape index (κ1) is 11.2. The van der Waals surface area contributed by atoms with E-state index in [9.17, 15) is 4.79 Å². The van der Waals surface area contributed by atoms with E-state index in [0.29, 0.717) is 18.8 Å². The number of hydrogen-bond donors (Lipinski definition) is 1. The maximum Gasteiger partial charge on any atom is 0.252 e. The van der Waals surface area contributed by atoms with E-state index in [-0.39, 0.29) is 11.7 Å². The van der Waals surface area contributed by atoms with E-state index in [1.165, 1.54) is 6.07 Å². The molecule has 16 heavy (non-hydrogen) atoms. The summed E-state index contributed by atoms with van der Waals surface area (Å²) in [6.07, 6.45) is 1.59. The minimum Gasteiger partial charge on any atom is -0.399 e. The van der Waals surface area contributed by atoms with E-state index in [0.717, 1.165) is 0 Å². The molecule has 5 heteroatoms. The molecule has 1 aliphatic heterocycles. The second-order valence-corrected chi connectivity index (χ2v) is 4.40. The summed E-state index contributed by atoms with van der Waals surface area (Å²) in [5.41, 5.74) is 5.87. The zero-order valence-electron chi connectivity index (χ0n) is 9.47. The fourth-order valence-electron chi connectivity index (χ4n) is 1.75. The zero-order chi connectivity index (χ0) is 11.8. The van der Waals surface area contributed by atoms with Crippen molar-refractivity contribution < 1.29 is 9.47 Å². The number of aromatic nitrogens is 1. The molecule has 0 spiro atoms. The number of hydrogen-bond acceptors (Lipinski definition) is 4. The van der Waals surface area contributed by atoms with Crippen molar-refractivity contribution in [2.45, 2.75) is 32.3 Å². The van der Waals surface area contributed by atoms with E-state index >= 15 is 0 Å². The lowest BCUT2D eigenvalue weighted by Crippen LogP contribution is -2.29. The Kier molecular flexibility index (Phi) is 2.73. The fraction of sp³-hybridized carbons (Fsp3) is 0.545. The van der Waals surface area contributed by atoms with E-state index in [2.05, 4.69) is 0 Å². The van der Waals surface area contributed by atoms with Gasteiger partial charge in [-0.1, -0.05) is 0 Å². The number of nitrogens with zero attached hydrogens (tertiary/aromatic N) is 1. The molecule has 0 amide bonds. The number of nitrogen functional groups attached to an aromatic ring is 1. The lowest BCUT2D eigenvalue weighted by molar-refractivity contribution is -0.139. The largest absolute Gasteiger partial charge is 0.399 e. The molecule has 1 aromatic rings. The summed E-state index contributed by atoms with van der Waals surface area (Å²) < 4.78 is 12.6. The molecule has 1 fully saturated rings. The van der Waals surface area contributed by atoms with Gasteiger partial charge in [0, 0.05) is 18.0 Å². The molecule has 88 valence electrons. The minimum absolute atomic E-state index is 0.0867. The third kappa shape index (κ3) is 2.43. The van der Waals surface area contributed by atoms with Crippen LogP contribution in [-0.4, -0.2) is 23.1 Å². The molecule has 1 atom stereocenters. The number of ether oxygens (including phenoxy) is 2. The van der Waals surface area contributed by atoms with Crippen LogP contribution in [0.3, 0.4) is 0 Å². The Morgan fingerprint density at radius 2 is 2.38 bits per heavy atom. The molecule has 1 aromatic heterocycles. The van der Waals surface area contributed by atoms with Crippen LogP contribution >= 0.6 is 0 Å². The van der Waals surface area contributed by atoms with Crippen LogP contribution in [0.1, 0.15) is 13.8 Å². The van der Waals surface area contributed by atoms with E-state index in [1.54, 1.807) is 16.8 Å². The summed E-state index contributed by atoms with van der Waals surface area (Å²) in [5, 5.41) is 0. The number of rotatable bonds is 2. The zero-order valence-corrected chi connectivity index (χ0v) is 9.47. The van der Waals surface area contributed by atoms with Gasteiger partial charge in [-0.15, -0.1) is 0 Å². The van der Waals surface area contributed by atoms with Crippen molar-refractivity contribution in [1.29, 1.82) is 0 Å². The molecule has 0 bridgehead atoms. The highest BCUT2D eigenvalue weighted by Crippen LogP contribution is 2.22. The van der Waals surface area contributed by atoms with Crippen molar-refractivity contribution >= 4 is 5.69 Å². The first-order valence-corrected chi connectivity index (χ1v) is 5.24. The van der Waals surface area contributed by atoms with Gasteiger partial charge in [0.1, 0.15) is 6.10 Å². The van der Waals surface area contributed by atoms with Gasteiger partial charge in [0.15, 0.2) is 5.79 Å². The van der Waals surface area contributed by atoms with Crippen LogP contribution in [0, 0.1) is 0 Å².